The molecule has 0 atom stereocenters. The first-order chi connectivity index (χ1) is 25.8. The Bertz CT molecular complexity index is 2300. The van der Waals surface area contributed by atoms with E-state index < -0.39 is 13.5 Å². The van der Waals surface area contributed by atoms with Gasteiger partial charge in [-0.05, 0) is 78.4 Å². The van der Waals surface area contributed by atoms with Gasteiger partial charge in [0.25, 0.3) is 0 Å². The lowest BCUT2D eigenvalue weighted by Crippen LogP contribution is -2.76. The van der Waals surface area contributed by atoms with Crippen molar-refractivity contribution in [3.63, 3.8) is 0 Å². The predicted octanol–water partition coefficient (Wildman–Crippen LogP) is 9.23. The van der Waals surface area contributed by atoms with E-state index in [0.29, 0.717) is 0 Å². The maximum absolute atomic E-state index is 3.90. The molecular weight excluding hydrogens is 645 g/mol. The van der Waals surface area contributed by atoms with Gasteiger partial charge in [0, 0.05) is 22.7 Å². The largest absolute Gasteiger partial charge is 0.356 e. The van der Waals surface area contributed by atoms with Crippen molar-refractivity contribution in [3.8, 4) is 11.1 Å². The first kappa shape index (κ1) is 30.4. The van der Waals surface area contributed by atoms with Crippen LogP contribution in [0.4, 0.5) is 22.7 Å². The van der Waals surface area contributed by atoms with Crippen LogP contribution in [0.2, 0.25) is 0 Å². The fourth-order valence-corrected chi connectivity index (χ4v) is 14.1. The number of nitrogens with one attached hydrogen (secondary N) is 2. The quantitative estimate of drug-likeness (QED) is 0.177. The van der Waals surface area contributed by atoms with E-state index >= 15 is 0 Å². The summed E-state index contributed by atoms with van der Waals surface area (Å²) in [6, 6.07) is 76.1. The molecule has 0 aliphatic carbocycles. The monoisotopic (exact) mass is 680 g/mol. The van der Waals surface area contributed by atoms with Gasteiger partial charge in [0.1, 0.15) is 0 Å². The number of hydrogen-bond donors (Lipinski definition) is 2. The van der Waals surface area contributed by atoms with Crippen molar-refractivity contribution in [2.75, 3.05) is 10.6 Å². The molecule has 8 aromatic carbocycles. The molecule has 0 unspecified atom stereocenters. The van der Waals surface area contributed by atoms with Crippen LogP contribution in [0.1, 0.15) is 22.3 Å². The number of para-hydroxylation sites is 2. The lowest BCUT2D eigenvalue weighted by Gasteiger charge is -2.42. The molecule has 10 rings (SSSR count). The van der Waals surface area contributed by atoms with Gasteiger partial charge in [0.15, 0.2) is 8.07 Å². The van der Waals surface area contributed by atoms with Crippen molar-refractivity contribution in [3.05, 3.63) is 229 Å². The fraction of sp³-hybridized carbons (Fsp3) is 0.0204. The minimum atomic E-state index is -2.63. The maximum atomic E-state index is 3.90. The molecule has 246 valence electrons. The minimum absolute atomic E-state index is 0.476. The molecule has 0 radical (unpaired) electrons. The molecule has 0 bridgehead atoms. The maximum Gasteiger partial charge on any atom is 0.183 e. The number of anilines is 4. The van der Waals surface area contributed by atoms with E-state index in [1.54, 1.807) is 0 Å². The zero-order chi connectivity index (χ0) is 34.5. The smallest absolute Gasteiger partial charge is 0.183 e. The summed E-state index contributed by atoms with van der Waals surface area (Å²) in [4.78, 5) is 0. The molecule has 0 saturated heterocycles. The third-order valence-electron chi connectivity index (χ3n) is 11.2. The van der Waals surface area contributed by atoms with Gasteiger partial charge in [0.2, 0.25) is 0 Å². The molecular formula is C49H36N2Si. The molecule has 2 aliphatic rings. The number of fused-ring (bicyclic) bond motifs is 4. The average molecular weight is 681 g/mol. The van der Waals surface area contributed by atoms with E-state index in [0.717, 1.165) is 11.4 Å². The summed E-state index contributed by atoms with van der Waals surface area (Å²) in [5.74, 6) is 0. The van der Waals surface area contributed by atoms with Crippen LogP contribution >= 0.6 is 0 Å². The van der Waals surface area contributed by atoms with E-state index in [4.69, 9.17) is 0 Å². The molecule has 0 amide bonds. The normalized spacial score (nSPS) is 14.4. The average Bonchev–Trinajstić information content (AvgIpc) is 3.23. The molecule has 0 saturated carbocycles. The summed E-state index contributed by atoms with van der Waals surface area (Å²) >= 11 is 0. The van der Waals surface area contributed by atoms with Crippen molar-refractivity contribution >= 4 is 51.6 Å². The highest BCUT2D eigenvalue weighted by atomic mass is 28.3. The van der Waals surface area contributed by atoms with Crippen LogP contribution < -0.4 is 31.4 Å². The van der Waals surface area contributed by atoms with Crippen LogP contribution in [-0.2, 0) is 5.41 Å². The van der Waals surface area contributed by atoms with Crippen LogP contribution in [0.5, 0.6) is 0 Å². The van der Waals surface area contributed by atoms with Gasteiger partial charge in [-0.15, -0.1) is 0 Å². The molecule has 2 N–H and O–H groups in total. The summed E-state index contributed by atoms with van der Waals surface area (Å²) in [5.41, 5.74) is 11.5. The predicted molar refractivity (Wildman–Crippen MR) is 220 cm³/mol. The number of benzene rings is 8. The Morgan fingerprint density at radius 2 is 0.769 bits per heavy atom. The molecule has 52 heavy (non-hydrogen) atoms. The summed E-state index contributed by atoms with van der Waals surface area (Å²) in [5, 5.41) is 13.3. The summed E-state index contributed by atoms with van der Waals surface area (Å²) < 4.78 is 0. The third kappa shape index (κ3) is 4.43. The Hall–Kier alpha value is -6.42. The Labute approximate surface area is 306 Å². The topological polar surface area (TPSA) is 24.1 Å². The van der Waals surface area contributed by atoms with Gasteiger partial charge >= 0.3 is 0 Å². The highest BCUT2D eigenvalue weighted by molar-refractivity contribution is 7.21. The Balaban J connectivity index is 1.18. The number of hydrogen-bond acceptors (Lipinski definition) is 2. The minimum Gasteiger partial charge on any atom is -0.356 e. The molecule has 0 fully saturated rings. The number of rotatable bonds is 5. The van der Waals surface area contributed by atoms with E-state index in [2.05, 4.69) is 217 Å². The van der Waals surface area contributed by atoms with E-state index in [-0.39, 0.29) is 0 Å². The van der Waals surface area contributed by atoms with Gasteiger partial charge in [-0.1, -0.05) is 182 Å². The van der Waals surface area contributed by atoms with Crippen LogP contribution in [0.25, 0.3) is 11.1 Å². The van der Waals surface area contributed by atoms with Crippen molar-refractivity contribution in [2.45, 2.75) is 5.41 Å². The molecule has 8 aromatic rings. The fourth-order valence-electron chi connectivity index (χ4n) is 9.06. The van der Waals surface area contributed by atoms with E-state index in [1.807, 2.05) is 0 Å². The second kappa shape index (κ2) is 12.1. The van der Waals surface area contributed by atoms with Crippen molar-refractivity contribution in [1.82, 2.24) is 0 Å². The molecule has 2 aliphatic heterocycles. The Morgan fingerprint density at radius 3 is 1.40 bits per heavy atom. The van der Waals surface area contributed by atoms with Crippen LogP contribution in [0.3, 0.4) is 0 Å². The molecule has 2 heterocycles. The van der Waals surface area contributed by atoms with E-state index in [1.165, 1.54) is 65.5 Å². The van der Waals surface area contributed by atoms with Gasteiger partial charge < -0.3 is 10.6 Å². The van der Waals surface area contributed by atoms with Gasteiger partial charge in [0.05, 0.1) is 5.41 Å². The Kier molecular flexibility index (Phi) is 7.09. The zero-order valence-electron chi connectivity index (χ0n) is 28.6. The summed E-state index contributed by atoms with van der Waals surface area (Å²) in [6.45, 7) is 0. The Morgan fingerprint density at radius 1 is 0.327 bits per heavy atom. The van der Waals surface area contributed by atoms with Crippen LogP contribution in [-0.4, -0.2) is 8.07 Å². The molecule has 0 aromatic heterocycles. The standard InChI is InChI=1S/C49H36N2Si/c1-5-17-37(18-6-1)49(38-19-7-2-8-20-38)41-25-13-14-26-43(41)50-45-33-35(29-31-42(45)49)36-30-32-48-46(34-36)51-44-27-15-16-28-47(44)52(48,39-21-9-3-10-22-39)40-23-11-4-12-24-40/h1-34,50-51H. The molecule has 2 nitrogen and oxygen atoms in total. The zero-order valence-corrected chi connectivity index (χ0v) is 29.6. The van der Waals surface area contributed by atoms with E-state index in [9.17, 15) is 0 Å². The van der Waals surface area contributed by atoms with Crippen molar-refractivity contribution < 1.29 is 0 Å². The third-order valence-corrected chi connectivity index (χ3v) is 16.1. The van der Waals surface area contributed by atoms with Crippen molar-refractivity contribution in [1.29, 1.82) is 0 Å². The van der Waals surface area contributed by atoms with Gasteiger partial charge in [-0.3, -0.25) is 0 Å². The lowest BCUT2D eigenvalue weighted by atomic mass is 9.62. The highest BCUT2D eigenvalue weighted by Gasteiger charge is 2.47. The van der Waals surface area contributed by atoms with Gasteiger partial charge in [-0.2, -0.15) is 0 Å². The van der Waals surface area contributed by atoms with Crippen LogP contribution in [0, 0.1) is 0 Å². The second-order valence-corrected chi connectivity index (χ2v) is 17.6. The lowest BCUT2D eigenvalue weighted by molar-refractivity contribution is 0.740. The van der Waals surface area contributed by atoms with Crippen molar-refractivity contribution in [2.24, 2.45) is 0 Å². The second-order valence-electron chi connectivity index (χ2n) is 13.8. The first-order valence-electron chi connectivity index (χ1n) is 18.0. The SMILES string of the molecule is c1ccc(C2(c3ccccc3)c3ccccc3Nc3cc(-c4ccc5c(c4)Nc4ccccc4[Si]5(c4ccccc4)c4ccccc4)ccc32)cc1. The highest BCUT2D eigenvalue weighted by Crippen LogP contribution is 2.54. The molecule has 0 spiro atoms. The van der Waals surface area contributed by atoms with Crippen LogP contribution in [0.15, 0.2) is 206 Å². The summed E-state index contributed by atoms with van der Waals surface area (Å²) in [7, 11) is -2.63. The van der Waals surface area contributed by atoms with Gasteiger partial charge in [-0.25, -0.2) is 0 Å². The first-order valence-corrected chi connectivity index (χ1v) is 20.0. The summed E-state index contributed by atoms with van der Waals surface area (Å²) in [6.07, 6.45) is 0. The molecule has 3 heteroatoms.